The van der Waals surface area contributed by atoms with Gasteiger partial charge in [-0.05, 0) is 11.6 Å². The zero-order chi connectivity index (χ0) is 15.4. The molecule has 2 amide bonds. The molecule has 0 radical (unpaired) electrons. The average molecular weight is 305 g/mol. The molecule has 0 bridgehead atoms. The smallest absolute Gasteiger partial charge is 0.254 e. The van der Waals surface area contributed by atoms with Crippen molar-refractivity contribution in [2.45, 2.75) is 13.3 Å². The summed E-state index contributed by atoms with van der Waals surface area (Å²) in [7, 11) is 0. The zero-order valence-corrected chi connectivity index (χ0v) is 12.9. The van der Waals surface area contributed by atoms with Crippen molar-refractivity contribution >= 4 is 29.0 Å². The number of hydrogen-bond donors (Lipinski definition) is 1. The van der Waals surface area contributed by atoms with Crippen molar-refractivity contribution in [2.75, 3.05) is 26.2 Å². The van der Waals surface area contributed by atoms with Gasteiger partial charge in [0.05, 0.1) is 4.99 Å². The van der Waals surface area contributed by atoms with Crippen molar-refractivity contribution in [1.29, 1.82) is 0 Å². The lowest BCUT2D eigenvalue weighted by atomic mass is 10.0. The maximum absolute atomic E-state index is 12.6. The third-order valence-corrected chi connectivity index (χ3v) is 3.77. The summed E-state index contributed by atoms with van der Waals surface area (Å²) in [6, 6.07) is 7.38. The first-order valence-electron chi connectivity index (χ1n) is 6.90. The van der Waals surface area contributed by atoms with Crippen LogP contribution >= 0.6 is 12.2 Å². The Hall–Kier alpha value is -1.95. The number of carbonyl (C=O) groups is 2. The summed E-state index contributed by atoms with van der Waals surface area (Å²) >= 11 is 4.93. The highest BCUT2D eigenvalue weighted by atomic mass is 32.1. The van der Waals surface area contributed by atoms with E-state index in [0.717, 1.165) is 5.56 Å². The first-order chi connectivity index (χ1) is 9.99. The van der Waals surface area contributed by atoms with Crippen LogP contribution in [0.15, 0.2) is 24.3 Å². The van der Waals surface area contributed by atoms with Crippen LogP contribution in [-0.4, -0.2) is 52.8 Å². The van der Waals surface area contributed by atoms with E-state index in [1.165, 1.54) is 0 Å². The first kappa shape index (κ1) is 15.4. The van der Waals surface area contributed by atoms with Gasteiger partial charge in [-0.2, -0.15) is 0 Å². The van der Waals surface area contributed by atoms with Crippen LogP contribution in [0, 0.1) is 0 Å². The summed E-state index contributed by atoms with van der Waals surface area (Å²) in [5, 5.41) is 0. The Balaban J connectivity index is 2.11. The first-order valence-corrected chi connectivity index (χ1v) is 7.31. The minimum atomic E-state index is -0.0231. The number of nitrogens with zero attached hydrogens (tertiary/aromatic N) is 2. The predicted molar refractivity (Wildman–Crippen MR) is 85.1 cm³/mol. The maximum Gasteiger partial charge on any atom is 0.254 e. The molecule has 0 atom stereocenters. The molecule has 0 aromatic heterocycles. The second-order valence-electron chi connectivity index (χ2n) is 5.10. The molecular formula is C15H19N3O2S. The van der Waals surface area contributed by atoms with E-state index in [-0.39, 0.29) is 11.8 Å². The van der Waals surface area contributed by atoms with E-state index in [1.54, 1.807) is 22.8 Å². The van der Waals surface area contributed by atoms with E-state index in [2.05, 4.69) is 0 Å². The van der Waals surface area contributed by atoms with E-state index in [9.17, 15) is 9.59 Å². The van der Waals surface area contributed by atoms with Crippen molar-refractivity contribution < 1.29 is 9.59 Å². The van der Waals surface area contributed by atoms with Gasteiger partial charge in [-0.15, -0.1) is 0 Å². The molecule has 5 nitrogen and oxygen atoms in total. The highest BCUT2D eigenvalue weighted by molar-refractivity contribution is 7.80. The fraction of sp³-hybridized carbons (Fsp3) is 0.400. The normalized spacial score (nSPS) is 14.9. The quantitative estimate of drug-likeness (QED) is 0.840. The molecule has 2 rings (SSSR count). The minimum absolute atomic E-state index is 0.0231. The lowest BCUT2D eigenvalue weighted by molar-refractivity contribution is -0.130. The molecule has 2 N–H and O–H groups in total. The summed E-state index contributed by atoms with van der Waals surface area (Å²) in [5.41, 5.74) is 7.08. The summed E-state index contributed by atoms with van der Waals surface area (Å²) in [5.74, 6) is 0.0287. The zero-order valence-electron chi connectivity index (χ0n) is 12.0. The lowest BCUT2D eigenvalue weighted by Crippen LogP contribution is -2.50. The Kier molecular flexibility index (Phi) is 4.90. The molecular weight excluding hydrogens is 286 g/mol. The van der Waals surface area contributed by atoms with Gasteiger partial charge in [0.1, 0.15) is 0 Å². The molecule has 1 aliphatic rings. The van der Waals surface area contributed by atoms with Crippen LogP contribution in [0.2, 0.25) is 0 Å². The van der Waals surface area contributed by atoms with Gasteiger partial charge in [0.2, 0.25) is 5.91 Å². The van der Waals surface area contributed by atoms with Gasteiger partial charge in [-0.1, -0.05) is 30.4 Å². The summed E-state index contributed by atoms with van der Waals surface area (Å²) in [6.07, 6.45) is 0.421. The van der Waals surface area contributed by atoms with Crippen molar-refractivity contribution in [3.8, 4) is 0 Å². The van der Waals surface area contributed by atoms with Crippen molar-refractivity contribution in [2.24, 2.45) is 5.73 Å². The van der Waals surface area contributed by atoms with Crippen molar-refractivity contribution in [3.63, 3.8) is 0 Å². The van der Waals surface area contributed by atoms with E-state index >= 15 is 0 Å². The summed E-state index contributed by atoms with van der Waals surface area (Å²) in [4.78, 5) is 27.8. The van der Waals surface area contributed by atoms with Gasteiger partial charge in [-0.25, -0.2) is 0 Å². The highest BCUT2D eigenvalue weighted by Gasteiger charge is 2.24. The van der Waals surface area contributed by atoms with E-state index in [1.807, 2.05) is 18.2 Å². The molecule has 0 unspecified atom stereocenters. The largest absolute Gasteiger partial charge is 0.393 e. The maximum atomic E-state index is 12.6. The van der Waals surface area contributed by atoms with Crippen molar-refractivity contribution in [3.05, 3.63) is 35.4 Å². The second kappa shape index (κ2) is 6.67. The molecule has 6 heteroatoms. The molecule has 0 spiro atoms. The lowest BCUT2D eigenvalue weighted by Gasteiger charge is -2.34. The van der Waals surface area contributed by atoms with Crippen LogP contribution in [0.3, 0.4) is 0 Å². The molecule has 0 saturated carbocycles. The van der Waals surface area contributed by atoms with E-state index in [0.29, 0.717) is 43.2 Å². The number of nitrogens with two attached hydrogens (primary N) is 1. The van der Waals surface area contributed by atoms with Gasteiger partial charge < -0.3 is 15.5 Å². The SMILES string of the molecule is CC(=O)N1CCN(C(=O)c2ccccc2CC(N)=S)CC1. The number of rotatable bonds is 3. The van der Waals surface area contributed by atoms with Crippen LogP contribution in [0.25, 0.3) is 0 Å². The topological polar surface area (TPSA) is 66.6 Å². The third-order valence-electron chi connectivity index (χ3n) is 3.62. The van der Waals surface area contributed by atoms with Crippen LogP contribution in [0.4, 0.5) is 0 Å². The second-order valence-corrected chi connectivity index (χ2v) is 5.62. The van der Waals surface area contributed by atoms with Crippen LogP contribution in [-0.2, 0) is 11.2 Å². The fourth-order valence-electron chi connectivity index (χ4n) is 2.47. The van der Waals surface area contributed by atoms with Crippen LogP contribution in [0.5, 0.6) is 0 Å². The third kappa shape index (κ3) is 3.78. The van der Waals surface area contributed by atoms with Gasteiger partial charge in [0.25, 0.3) is 5.91 Å². The Bertz CT molecular complexity index is 566. The number of hydrogen-bond acceptors (Lipinski definition) is 3. The number of thiocarbonyl (C=S) groups is 1. The van der Waals surface area contributed by atoms with Crippen LogP contribution < -0.4 is 5.73 Å². The van der Waals surface area contributed by atoms with Crippen molar-refractivity contribution in [1.82, 2.24) is 9.80 Å². The molecule has 1 aromatic rings. The molecule has 1 saturated heterocycles. The molecule has 1 aliphatic heterocycles. The monoisotopic (exact) mass is 305 g/mol. The summed E-state index contributed by atoms with van der Waals surface area (Å²) < 4.78 is 0. The predicted octanol–water partition coefficient (Wildman–Crippen LogP) is 0.820. The molecule has 112 valence electrons. The Morgan fingerprint density at radius 2 is 1.71 bits per heavy atom. The summed E-state index contributed by atoms with van der Waals surface area (Å²) in [6.45, 7) is 3.83. The number of carbonyl (C=O) groups excluding carboxylic acids is 2. The number of piperazine rings is 1. The van der Waals surface area contributed by atoms with Crippen LogP contribution in [0.1, 0.15) is 22.8 Å². The fourth-order valence-corrected chi connectivity index (χ4v) is 2.62. The van der Waals surface area contributed by atoms with E-state index < -0.39 is 0 Å². The van der Waals surface area contributed by atoms with Gasteiger partial charge in [0.15, 0.2) is 0 Å². The minimum Gasteiger partial charge on any atom is -0.393 e. The Morgan fingerprint density at radius 1 is 1.14 bits per heavy atom. The average Bonchev–Trinajstić information content (AvgIpc) is 2.46. The number of amides is 2. The standard InChI is InChI=1S/C15H19N3O2S/c1-11(19)17-6-8-18(9-7-17)15(20)13-5-3-2-4-12(13)10-14(16)21/h2-5H,6-10H2,1H3,(H2,16,21). The molecule has 1 fully saturated rings. The van der Waals surface area contributed by atoms with Gasteiger partial charge >= 0.3 is 0 Å². The Labute approximate surface area is 129 Å². The highest BCUT2D eigenvalue weighted by Crippen LogP contribution is 2.14. The van der Waals surface area contributed by atoms with Gasteiger partial charge in [0, 0.05) is 45.1 Å². The molecule has 1 heterocycles. The van der Waals surface area contributed by atoms with Gasteiger partial charge in [-0.3, -0.25) is 9.59 Å². The van der Waals surface area contributed by atoms with E-state index in [4.69, 9.17) is 18.0 Å². The Morgan fingerprint density at radius 3 is 2.29 bits per heavy atom. The molecule has 21 heavy (non-hydrogen) atoms. The number of benzene rings is 1. The molecule has 1 aromatic carbocycles. The molecule has 0 aliphatic carbocycles.